The summed E-state index contributed by atoms with van der Waals surface area (Å²) in [6.07, 6.45) is 8.60. The van der Waals surface area contributed by atoms with Gasteiger partial charge in [0, 0.05) is 23.7 Å². The van der Waals surface area contributed by atoms with Gasteiger partial charge in [0.05, 0.1) is 0 Å². The van der Waals surface area contributed by atoms with E-state index >= 15 is 0 Å². The minimum absolute atomic E-state index is 0.509. The summed E-state index contributed by atoms with van der Waals surface area (Å²) in [6.45, 7) is 9.03. The molecule has 0 aromatic carbocycles. The fourth-order valence-corrected chi connectivity index (χ4v) is 2.96. The van der Waals surface area contributed by atoms with E-state index < -0.39 is 0 Å². The minimum Gasteiger partial charge on any atom is -0.264 e. The normalized spacial score (nSPS) is 20.0. The van der Waals surface area contributed by atoms with Crippen LogP contribution in [0.15, 0.2) is 23.9 Å². The van der Waals surface area contributed by atoms with Crippen molar-refractivity contribution in [2.24, 2.45) is 5.92 Å². The van der Waals surface area contributed by atoms with Gasteiger partial charge >= 0.3 is 0 Å². The van der Waals surface area contributed by atoms with Crippen LogP contribution >= 0.6 is 11.8 Å². The highest BCUT2D eigenvalue weighted by Gasteiger charge is 2.17. The van der Waals surface area contributed by atoms with Gasteiger partial charge in [-0.25, -0.2) is 0 Å². The molecule has 0 bridgehead atoms. The molecule has 18 heavy (non-hydrogen) atoms. The van der Waals surface area contributed by atoms with Crippen LogP contribution in [0.4, 0.5) is 0 Å². The second kappa shape index (κ2) is 5.75. The van der Waals surface area contributed by atoms with Crippen molar-refractivity contribution in [3.63, 3.8) is 0 Å². The van der Waals surface area contributed by atoms with Crippen LogP contribution in [-0.2, 0) is 0 Å². The van der Waals surface area contributed by atoms with Crippen LogP contribution in [0, 0.1) is 5.92 Å². The zero-order valence-corrected chi connectivity index (χ0v) is 12.4. The van der Waals surface area contributed by atoms with Crippen molar-refractivity contribution in [1.29, 1.82) is 0 Å². The van der Waals surface area contributed by atoms with E-state index in [2.05, 4.69) is 50.2 Å². The van der Waals surface area contributed by atoms with Crippen LogP contribution in [0.1, 0.15) is 50.3 Å². The summed E-state index contributed by atoms with van der Waals surface area (Å²) in [7, 11) is 0. The maximum absolute atomic E-state index is 4.40. The van der Waals surface area contributed by atoms with Crippen molar-refractivity contribution in [2.45, 2.75) is 33.6 Å². The van der Waals surface area contributed by atoms with E-state index in [9.17, 15) is 0 Å². The highest BCUT2D eigenvalue weighted by molar-refractivity contribution is 8.02. The third-order valence-corrected chi connectivity index (χ3v) is 3.97. The molecule has 1 aromatic heterocycles. The Balaban J connectivity index is 2.67. The number of thioether (sulfide) groups is 1. The van der Waals surface area contributed by atoms with E-state index in [1.54, 1.807) is 0 Å². The third-order valence-electron chi connectivity index (χ3n) is 3.28. The Kier molecular flexibility index (Phi) is 4.28. The molecule has 2 heterocycles. The zero-order chi connectivity index (χ0) is 13.1. The Hall–Kier alpha value is -1.02. The molecule has 0 radical (unpaired) electrons. The fourth-order valence-electron chi connectivity index (χ4n) is 2.33. The van der Waals surface area contributed by atoms with Crippen LogP contribution in [0.25, 0.3) is 11.6 Å². The Morgan fingerprint density at radius 2 is 1.89 bits per heavy atom. The monoisotopic (exact) mass is 259 g/mol. The first kappa shape index (κ1) is 13.4. The Morgan fingerprint density at radius 3 is 2.56 bits per heavy atom. The zero-order valence-electron chi connectivity index (χ0n) is 11.6. The number of rotatable bonds is 2. The number of fused-ring (bicyclic) bond motifs is 1. The molecule has 0 N–H and O–H groups in total. The van der Waals surface area contributed by atoms with Crippen LogP contribution in [0.3, 0.4) is 0 Å². The van der Waals surface area contributed by atoms with E-state index in [4.69, 9.17) is 0 Å². The summed E-state index contributed by atoms with van der Waals surface area (Å²) >= 11 is 1.84. The van der Waals surface area contributed by atoms with Crippen LogP contribution in [0.5, 0.6) is 0 Å². The maximum Gasteiger partial charge on any atom is 0.0346 e. The van der Waals surface area contributed by atoms with Crippen molar-refractivity contribution in [2.75, 3.05) is 5.75 Å². The first-order valence-electron chi connectivity index (χ1n) is 6.57. The molecular weight excluding hydrogens is 238 g/mol. The third kappa shape index (κ3) is 2.69. The lowest BCUT2D eigenvalue weighted by molar-refractivity contribution is 0.822. The standard InChI is InChI=1S/C16H21NS/c1-11(2)14-6-8-18-7-5-13-9-17-10-15(12(3)4)16(13)14/h5-7,9-12H,8H2,1-4H3/b7-5-,14-6-. The molecule has 1 aliphatic heterocycles. The van der Waals surface area contributed by atoms with Gasteiger partial charge in [-0.1, -0.05) is 33.8 Å². The van der Waals surface area contributed by atoms with Crippen LogP contribution in [0.2, 0.25) is 0 Å². The molecule has 96 valence electrons. The molecule has 0 saturated heterocycles. The number of allylic oxidation sites excluding steroid dienone is 1. The number of aromatic nitrogens is 1. The van der Waals surface area contributed by atoms with Gasteiger partial charge in [-0.2, -0.15) is 0 Å². The second-order valence-electron chi connectivity index (χ2n) is 5.30. The van der Waals surface area contributed by atoms with Crippen LogP contribution in [-0.4, -0.2) is 10.7 Å². The van der Waals surface area contributed by atoms with Gasteiger partial charge < -0.3 is 0 Å². The molecule has 0 saturated carbocycles. The minimum atomic E-state index is 0.509. The van der Waals surface area contributed by atoms with Crippen molar-refractivity contribution in [1.82, 2.24) is 4.98 Å². The van der Waals surface area contributed by atoms with Gasteiger partial charge in [0.25, 0.3) is 0 Å². The molecule has 1 aliphatic rings. The SMILES string of the molecule is CC(C)/C1=C/CS/C=C\c2cncc(C(C)C)c21. The number of nitrogens with zero attached hydrogens (tertiary/aromatic N) is 1. The van der Waals surface area contributed by atoms with Gasteiger partial charge in [0.1, 0.15) is 0 Å². The fraction of sp³-hybridized carbons (Fsp3) is 0.438. The maximum atomic E-state index is 4.40. The molecule has 0 aliphatic carbocycles. The summed E-state index contributed by atoms with van der Waals surface area (Å²) in [5.74, 6) is 2.12. The van der Waals surface area contributed by atoms with Gasteiger partial charge in [0.15, 0.2) is 0 Å². The Labute approximate surface area is 114 Å². The summed E-state index contributed by atoms with van der Waals surface area (Å²) in [5.41, 5.74) is 5.50. The average Bonchev–Trinajstić information content (AvgIpc) is 2.28. The smallest absolute Gasteiger partial charge is 0.0346 e. The predicted molar refractivity (Wildman–Crippen MR) is 82.6 cm³/mol. The highest BCUT2D eigenvalue weighted by atomic mass is 32.2. The largest absolute Gasteiger partial charge is 0.264 e. The van der Waals surface area contributed by atoms with Crippen LogP contribution < -0.4 is 0 Å². The molecule has 0 amide bonds. The van der Waals surface area contributed by atoms with E-state index in [0.29, 0.717) is 11.8 Å². The number of hydrogen-bond acceptors (Lipinski definition) is 2. The molecule has 1 nitrogen and oxygen atoms in total. The summed E-state index contributed by atoms with van der Waals surface area (Å²) in [4.78, 5) is 4.40. The average molecular weight is 259 g/mol. The first-order valence-corrected chi connectivity index (χ1v) is 7.62. The van der Waals surface area contributed by atoms with Crippen molar-refractivity contribution < 1.29 is 0 Å². The lowest BCUT2D eigenvalue weighted by Gasteiger charge is -2.21. The highest BCUT2D eigenvalue weighted by Crippen LogP contribution is 2.35. The number of pyridine rings is 1. The molecule has 0 spiro atoms. The summed E-state index contributed by atoms with van der Waals surface area (Å²) in [5, 5.41) is 2.18. The molecule has 2 heteroatoms. The van der Waals surface area contributed by atoms with E-state index in [1.165, 1.54) is 22.3 Å². The van der Waals surface area contributed by atoms with Gasteiger partial charge in [-0.05, 0) is 40.0 Å². The van der Waals surface area contributed by atoms with E-state index in [0.717, 1.165) is 5.75 Å². The molecule has 2 rings (SSSR count). The van der Waals surface area contributed by atoms with Gasteiger partial charge in [-0.15, -0.1) is 11.8 Å². The lowest BCUT2D eigenvalue weighted by Crippen LogP contribution is -2.05. The molecular formula is C16H21NS. The quantitative estimate of drug-likeness (QED) is 0.744. The summed E-state index contributed by atoms with van der Waals surface area (Å²) < 4.78 is 0. The van der Waals surface area contributed by atoms with Gasteiger partial charge in [-0.3, -0.25) is 4.98 Å². The summed E-state index contributed by atoms with van der Waals surface area (Å²) in [6, 6.07) is 0. The van der Waals surface area contributed by atoms with Crippen molar-refractivity contribution >= 4 is 23.4 Å². The van der Waals surface area contributed by atoms with Crippen molar-refractivity contribution in [3.8, 4) is 0 Å². The molecule has 0 unspecified atom stereocenters. The van der Waals surface area contributed by atoms with Gasteiger partial charge in [0.2, 0.25) is 0 Å². The number of hydrogen-bond donors (Lipinski definition) is 0. The Bertz CT molecular complexity index is 484. The lowest BCUT2D eigenvalue weighted by atomic mass is 9.85. The molecule has 0 atom stereocenters. The predicted octanol–water partition coefficient (Wildman–Crippen LogP) is 4.96. The van der Waals surface area contributed by atoms with E-state index in [-0.39, 0.29) is 0 Å². The molecule has 1 aromatic rings. The Morgan fingerprint density at radius 1 is 1.11 bits per heavy atom. The first-order chi connectivity index (χ1) is 8.61. The second-order valence-corrected chi connectivity index (χ2v) is 6.24. The van der Waals surface area contributed by atoms with E-state index in [1.807, 2.05) is 24.2 Å². The van der Waals surface area contributed by atoms with Crippen molar-refractivity contribution in [3.05, 3.63) is 40.6 Å². The molecule has 0 fully saturated rings. The topological polar surface area (TPSA) is 12.9 Å².